The smallest absolute Gasteiger partial charge is 0.343 e. The molecule has 0 aromatic heterocycles. The van der Waals surface area contributed by atoms with Gasteiger partial charge in [0.05, 0.1) is 40.5 Å². The lowest BCUT2D eigenvalue weighted by Crippen LogP contribution is -2.11. The van der Waals surface area contributed by atoms with Crippen LogP contribution in [0.1, 0.15) is 184 Å². The Labute approximate surface area is 436 Å². The van der Waals surface area contributed by atoms with Crippen LogP contribution in [0.4, 0.5) is 0 Å². The number of halogens is 1. The molecule has 386 valence electrons. The van der Waals surface area contributed by atoms with Crippen LogP contribution in [0.3, 0.4) is 0 Å². The molecule has 0 amide bonds. The predicted molar refractivity (Wildman–Crippen MR) is 289 cm³/mol. The van der Waals surface area contributed by atoms with Crippen LogP contribution in [0.25, 0.3) is 10.8 Å². The van der Waals surface area contributed by atoms with E-state index < -0.39 is 23.9 Å². The number of ether oxygens (including phenoxy) is 6. The van der Waals surface area contributed by atoms with Gasteiger partial charge < -0.3 is 28.4 Å². The van der Waals surface area contributed by atoms with Crippen molar-refractivity contribution < 1.29 is 47.6 Å². The molecule has 0 unspecified atom stereocenters. The standard InChI is InChI=1S/C62H71ClO10/c1-3-5-7-9-11-13-15-17-19-21-43-68-51-32-25-47(26-33-51)59(64)70-53-36-29-49(30-37-53)61(66)73-57-42-31-46-23-24-50(45-56(46)58(57)63)62(67)72-55-40-38-54(39-41-55)71-60(65)48-27-34-52(35-28-48)69-44-22-20-18-16-14-12-10-8-6-4-2/h23-42,45H,3-22,43-44H2,1-2H3. The largest absolute Gasteiger partial charge is 0.494 e. The van der Waals surface area contributed by atoms with Crippen molar-refractivity contribution >= 4 is 46.3 Å². The second-order valence-electron chi connectivity index (χ2n) is 18.5. The van der Waals surface area contributed by atoms with E-state index in [1.54, 1.807) is 78.9 Å². The van der Waals surface area contributed by atoms with Crippen LogP contribution < -0.4 is 28.4 Å². The second kappa shape index (κ2) is 31.1. The highest BCUT2D eigenvalue weighted by atomic mass is 35.5. The van der Waals surface area contributed by atoms with Crippen LogP contribution in [0.5, 0.6) is 34.5 Å². The molecule has 0 N–H and O–H groups in total. The number of esters is 4. The lowest BCUT2D eigenvalue weighted by Gasteiger charge is -2.11. The van der Waals surface area contributed by atoms with E-state index in [9.17, 15) is 19.2 Å². The van der Waals surface area contributed by atoms with Crippen LogP contribution in [0.15, 0.2) is 127 Å². The van der Waals surface area contributed by atoms with Crippen molar-refractivity contribution in [3.8, 4) is 34.5 Å². The van der Waals surface area contributed by atoms with Gasteiger partial charge in [-0.3, -0.25) is 0 Å². The van der Waals surface area contributed by atoms with Gasteiger partial charge in [0.2, 0.25) is 0 Å². The Morgan fingerprint density at radius 1 is 0.342 bits per heavy atom. The maximum absolute atomic E-state index is 13.3. The number of hydrogen-bond donors (Lipinski definition) is 0. The average Bonchev–Trinajstić information content (AvgIpc) is 3.41. The number of rotatable bonds is 32. The molecule has 10 nitrogen and oxygen atoms in total. The van der Waals surface area contributed by atoms with Gasteiger partial charge >= 0.3 is 23.9 Å². The van der Waals surface area contributed by atoms with Gasteiger partial charge in [-0.25, -0.2) is 19.2 Å². The highest BCUT2D eigenvalue weighted by Gasteiger charge is 2.18. The molecule has 0 bridgehead atoms. The van der Waals surface area contributed by atoms with Gasteiger partial charge in [0.15, 0.2) is 0 Å². The van der Waals surface area contributed by atoms with E-state index in [4.69, 9.17) is 40.0 Å². The van der Waals surface area contributed by atoms with E-state index in [-0.39, 0.29) is 39.1 Å². The molecule has 0 heterocycles. The Kier molecular flexibility index (Phi) is 23.7. The molecule has 0 fully saturated rings. The molecule has 0 radical (unpaired) electrons. The van der Waals surface area contributed by atoms with E-state index in [2.05, 4.69) is 13.8 Å². The van der Waals surface area contributed by atoms with E-state index in [1.165, 1.54) is 151 Å². The minimum Gasteiger partial charge on any atom is -0.494 e. The molecule has 0 spiro atoms. The van der Waals surface area contributed by atoms with Crippen molar-refractivity contribution in [1.29, 1.82) is 0 Å². The normalized spacial score (nSPS) is 11.0. The quantitative estimate of drug-likeness (QED) is 0.0229. The maximum atomic E-state index is 13.3. The van der Waals surface area contributed by atoms with Crippen LogP contribution in [-0.2, 0) is 0 Å². The van der Waals surface area contributed by atoms with Gasteiger partial charge in [-0.15, -0.1) is 0 Å². The monoisotopic (exact) mass is 1010 g/mol. The Hall–Kier alpha value is -6.65. The van der Waals surface area contributed by atoms with Crippen LogP contribution in [0, 0.1) is 0 Å². The number of carbonyl (C=O) groups is 4. The average molecular weight is 1010 g/mol. The van der Waals surface area contributed by atoms with E-state index in [1.807, 2.05) is 0 Å². The lowest BCUT2D eigenvalue weighted by molar-refractivity contribution is 0.0719. The Bertz CT molecular complexity index is 2630. The highest BCUT2D eigenvalue weighted by molar-refractivity contribution is 6.37. The van der Waals surface area contributed by atoms with Gasteiger partial charge in [-0.05, 0) is 133 Å². The van der Waals surface area contributed by atoms with E-state index >= 15 is 0 Å². The zero-order chi connectivity index (χ0) is 51.5. The summed E-state index contributed by atoms with van der Waals surface area (Å²) in [5, 5.41) is 1.30. The fourth-order valence-corrected chi connectivity index (χ4v) is 8.56. The molecule has 0 saturated heterocycles. The molecular weight excluding hydrogens is 940 g/mol. The second-order valence-corrected chi connectivity index (χ2v) is 18.9. The summed E-state index contributed by atoms with van der Waals surface area (Å²) in [6.45, 7) is 5.76. The molecule has 6 rings (SSSR count). The van der Waals surface area contributed by atoms with E-state index in [0.29, 0.717) is 46.6 Å². The number of fused-ring (bicyclic) bond motifs is 1. The summed E-state index contributed by atoms with van der Waals surface area (Å²) in [4.78, 5) is 52.2. The van der Waals surface area contributed by atoms with Gasteiger partial charge in [0, 0.05) is 5.39 Å². The Morgan fingerprint density at radius 2 is 0.644 bits per heavy atom. The van der Waals surface area contributed by atoms with Crippen LogP contribution in [-0.4, -0.2) is 37.1 Å². The summed E-state index contributed by atoms with van der Waals surface area (Å²) in [7, 11) is 0. The van der Waals surface area contributed by atoms with Gasteiger partial charge in [0.25, 0.3) is 0 Å². The summed E-state index contributed by atoms with van der Waals surface area (Å²) >= 11 is 6.75. The van der Waals surface area contributed by atoms with Crippen molar-refractivity contribution in [3.05, 3.63) is 155 Å². The molecule has 73 heavy (non-hydrogen) atoms. The number of benzene rings is 6. The summed E-state index contributed by atoms with van der Waals surface area (Å²) in [6, 6.07) is 34.0. The first-order valence-corrected chi connectivity index (χ1v) is 26.9. The first-order chi connectivity index (χ1) is 35.7. The molecule has 6 aromatic rings. The topological polar surface area (TPSA) is 124 Å². The fraction of sp³-hybridized carbons (Fsp3) is 0.387. The van der Waals surface area contributed by atoms with Crippen LogP contribution in [0.2, 0.25) is 5.02 Å². The molecular formula is C62H71ClO10. The minimum absolute atomic E-state index is 0.0881. The molecule has 0 aliphatic carbocycles. The molecule has 0 aliphatic rings. The molecule has 11 heteroatoms. The third-order valence-corrected chi connectivity index (χ3v) is 13.0. The number of hydrogen-bond acceptors (Lipinski definition) is 10. The van der Waals surface area contributed by atoms with Gasteiger partial charge in [-0.1, -0.05) is 153 Å². The lowest BCUT2D eigenvalue weighted by atomic mass is 10.1. The molecule has 0 atom stereocenters. The zero-order valence-corrected chi connectivity index (χ0v) is 43.4. The van der Waals surface area contributed by atoms with Crippen molar-refractivity contribution in [1.82, 2.24) is 0 Å². The van der Waals surface area contributed by atoms with Crippen molar-refractivity contribution in [2.75, 3.05) is 13.2 Å². The molecule has 0 aliphatic heterocycles. The SMILES string of the molecule is CCCCCCCCCCCCOc1ccc(C(=O)Oc2ccc(OC(=O)c3ccc4ccc(OC(=O)c5ccc(OC(=O)c6ccc(OCCCCCCCCCCCC)cc6)cc5)c(Cl)c4c3)cc2)cc1. The first kappa shape index (κ1) is 55.7. The van der Waals surface area contributed by atoms with E-state index in [0.717, 1.165) is 25.7 Å². The Morgan fingerprint density at radius 3 is 1.04 bits per heavy atom. The number of unbranched alkanes of at least 4 members (excludes halogenated alkanes) is 18. The Balaban J connectivity index is 0.907. The maximum Gasteiger partial charge on any atom is 0.343 e. The van der Waals surface area contributed by atoms with Gasteiger partial charge in [0.1, 0.15) is 34.5 Å². The summed E-state index contributed by atoms with van der Waals surface area (Å²) in [6.07, 6.45) is 25.2. The predicted octanol–water partition coefficient (Wildman–Crippen LogP) is 17.0. The summed E-state index contributed by atoms with van der Waals surface area (Å²) < 4.78 is 34.2. The first-order valence-electron chi connectivity index (χ1n) is 26.5. The van der Waals surface area contributed by atoms with Crippen molar-refractivity contribution in [2.24, 2.45) is 0 Å². The fourth-order valence-electron chi connectivity index (χ4n) is 8.29. The molecule has 6 aromatic carbocycles. The number of carbonyl (C=O) groups excluding carboxylic acids is 4. The summed E-state index contributed by atoms with van der Waals surface area (Å²) in [5.41, 5.74) is 1.15. The van der Waals surface area contributed by atoms with Crippen LogP contribution >= 0.6 is 11.6 Å². The zero-order valence-electron chi connectivity index (χ0n) is 42.6. The van der Waals surface area contributed by atoms with Crippen molar-refractivity contribution in [3.63, 3.8) is 0 Å². The minimum atomic E-state index is -0.685. The van der Waals surface area contributed by atoms with Crippen molar-refractivity contribution in [2.45, 2.75) is 142 Å². The third-order valence-electron chi connectivity index (χ3n) is 12.6. The van der Waals surface area contributed by atoms with Gasteiger partial charge in [-0.2, -0.15) is 0 Å². The molecule has 0 saturated carbocycles. The third kappa shape index (κ3) is 19.0. The highest BCUT2D eigenvalue weighted by Crippen LogP contribution is 2.35. The summed E-state index contributed by atoms with van der Waals surface area (Å²) in [5.74, 6) is -0.154.